The SMILES string of the molecule is COc1ccc(C(O)=C2C(=O)C(=O)N(CCN3CCOCC3)[C@H]2c2ccc([N+](=O)[O-])cc2)cc1. The average molecular weight is 467 g/mol. The number of Topliss-reactive ketones (excluding diaryl/α,β-unsaturated/α-hetero) is 1. The monoisotopic (exact) mass is 467 g/mol. The Morgan fingerprint density at radius 2 is 1.74 bits per heavy atom. The number of methoxy groups -OCH3 is 1. The highest BCUT2D eigenvalue weighted by molar-refractivity contribution is 6.46. The van der Waals surface area contributed by atoms with Gasteiger partial charge in [-0.1, -0.05) is 0 Å². The minimum absolute atomic E-state index is 0.0500. The Bertz CT molecular complexity index is 1110. The summed E-state index contributed by atoms with van der Waals surface area (Å²) in [5.41, 5.74) is 0.705. The van der Waals surface area contributed by atoms with E-state index in [2.05, 4.69) is 4.90 Å². The Kier molecular flexibility index (Phi) is 6.90. The lowest BCUT2D eigenvalue weighted by Gasteiger charge is -2.31. The van der Waals surface area contributed by atoms with E-state index in [0.29, 0.717) is 36.6 Å². The van der Waals surface area contributed by atoms with Crippen molar-refractivity contribution in [3.8, 4) is 5.75 Å². The van der Waals surface area contributed by atoms with Gasteiger partial charge in [-0.25, -0.2) is 0 Å². The van der Waals surface area contributed by atoms with Gasteiger partial charge in [-0.3, -0.25) is 24.6 Å². The number of morpholine rings is 1. The number of nitro groups is 1. The zero-order valence-electron chi connectivity index (χ0n) is 18.7. The average Bonchev–Trinajstić information content (AvgIpc) is 3.12. The zero-order chi connectivity index (χ0) is 24.2. The molecule has 2 aromatic carbocycles. The number of hydrogen-bond acceptors (Lipinski definition) is 8. The first-order valence-electron chi connectivity index (χ1n) is 10.9. The first-order valence-corrected chi connectivity index (χ1v) is 10.9. The first-order chi connectivity index (χ1) is 16.4. The molecule has 1 amide bonds. The minimum atomic E-state index is -0.871. The van der Waals surface area contributed by atoms with Crippen LogP contribution < -0.4 is 4.74 Å². The normalized spacial score (nSPS) is 20.5. The molecule has 0 radical (unpaired) electrons. The van der Waals surface area contributed by atoms with Gasteiger partial charge in [0.05, 0.1) is 36.9 Å². The number of hydrogen-bond donors (Lipinski definition) is 1. The van der Waals surface area contributed by atoms with Crippen LogP contribution >= 0.6 is 0 Å². The molecule has 178 valence electrons. The molecule has 0 unspecified atom stereocenters. The van der Waals surface area contributed by atoms with Crippen LogP contribution in [0.25, 0.3) is 5.76 Å². The number of amides is 1. The van der Waals surface area contributed by atoms with Gasteiger partial charge in [0.15, 0.2) is 0 Å². The van der Waals surface area contributed by atoms with Crippen LogP contribution in [0.2, 0.25) is 0 Å². The summed E-state index contributed by atoms with van der Waals surface area (Å²) in [5.74, 6) is -1.24. The van der Waals surface area contributed by atoms with Crippen LogP contribution in [0, 0.1) is 10.1 Å². The molecule has 2 fully saturated rings. The van der Waals surface area contributed by atoms with Gasteiger partial charge >= 0.3 is 0 Å². The lowest BCUT2D eigenvalue weighted by Crippen LogP contribution is -2.42. The molecular formula is C24H25N3O7. The molecule has 2 heterocycles. The molecule has 10 nitrogen and oxygen atoms in total. The van der Waals surface area contributed by atoms with Gasteiger partial charge in [-0.15, -0.1) is 0 Å². The van der Waals surface area contributed by atoms with Gasteiger partial charge in [0, 0.05) is 43.9 Å². The largest absolute Gasteiger partial charge is 0.507 e. The molecular weight excluding hydrogens is 442 g/mol. The maximum Gasteiger partial charge on any atom is 0.295 e. The highest BCUT2D eigenvalue weighted by Crippen LogP contribution is 2.39. The Balaban J connectivity index is 1.73. The van der Waals surface area contributed by atoms with Crippen molar-refractivity contribution in [1.82, 2.24) is 9.80 Å². The number of ether oxygens (including phenoxy) is 2. The maximum absolute atomic E-state index is 13.1. The van der Waals surface area contributed by atoms with E-state index in [9.17, 15) is 24.8 Å². The van der Waals surface area contributed by atoms with E-state index in [4.69, 9.17) is 9.47 Å². The molecule has 2 aliphatic rings. The number of aliphatic hydroxyl groups is 1. The Labute approximate surface area is 196 Å². The molecule has 1 N–H and O–H groups in total. The number of benzene rings is 2. The van der Waals surface area contributed by atoms with Crippen LogP contribution in [0.4, 0.5) is 5.69 Å². The highest BCUT2D eigenvalue weighted by Gasteiger charge is 2.46. The molecule has 1 atom stereocenters. The van der Waals surface area contributed by atoms with Gasteiger partial charge in [0.25, 0.3) is 17.4 Å². The van der Waals surface area contributed by atoms with Crippen molar-refractivity contribution in [2.45, 2.75) is 6.04 Å². The second-order valence-corrected chi connectivity index (χ2v) is 8.02. The third-order valence-corrected chi connectivity index (χ3v) is 6.08. The summed E-state index contributed by atoms with van der Waals surface area (Å²) < 4.78 is 10.5. The summed E-state index contributed by atoms with van der Waals surface area (Å²) in [6, 6.07) is 11.3. The van der Waals surface area contributed by atoms with E-state index >= 15 is 0 Å². The molecule has 2 aromatic rings. The standard InChI is InChI=1S/C24H25N3O7/c1-33-19-8-4-17(5-9-19)22(28)20-21(16-2-6-18(7-3-16)27(31)32)26(24(30)23(20)29)11-10-25-12-14-34-15-13-25/h2-9,21,28H,10-15H2,1H3/t21-/m0/s1. The third-order valence-electron chi connectivity index (χ3n) is 6.08. The van der Waals surface area contributed by atoms with E-state index in [1.807, 2.05) is 0 Å². The van der Waals surface area contributed by atoms with E-state index in [1.165, 1.54) is 36.3 Å². The topological polar surface area (TPSA) is 122 Å². The van der Waals surface area contributed by atoms with Crippen molar-refractivity contribution in [2.75, 3.05) is 46.5 Å². The summed E-state index contributed by atoms with van der Waals surface area (Å²) in [6.07, 6.45) is 0. The van der Waals surface area contributed by atoms with Crippen LogP contribution in [-0.2, 0) is 14.3 Å². The summed E-state index contributed by atoms with van der Waals surface area (Å²) in [6.45, 7) is 3.42. The van der Waals surface area contributed by atoms with Gasteiger partial charge in [-0.2, -0.15) is 0 Å². The quantitative estimate of drug-likeness (QED) is 0.217. The lowest BCUT2D eigenvalue weighted by atomic mass is 9.95. The molecule has 2 saturated heterocycles. The number of carbonyl (C=O) groups is 2. The van der Waals surface area contributed by atoms with E-state index in [-0.39, 0.29) is 23.6 Å². The number of likely N-dealkylation sites (tertiary alicyclic amines) is 1. The minimum Gasteiger partial charge on any atom is -0.507 e. The lowest BCUT2D eigenvalue weighted by molar-refractivity contribution is -0.384. The molecule has 0 aliphatic carbocycles. The number of carbonyl (C=O) groups excluding carboxylic acids is 2. The van der Waals surface area contributed by atoms with Crippen molar-refractivity contribution in [3.05, 3.63) is 75.3 Å². The maximum atomic E-state index is 13.1. The van der Waals surface area contributed by atoms with Crippen LogP contribution in [0.3, 0.4) is 0 Å². The fourth-order valence-corrected chi connectivity index (χ4v) is 4.21. The Morgan fingerprint density at radius 3 is 2.32 bits per heavy atom. The zero-order valence-corrected chi connectivity index (χ0v) is 18.7. The first kappa shape index (κ1) is 23.4. The predicted molar refractivity (Wildman–Crippen MR) is 122 cm³/mol. The summed E-state index contributed by atoms with van der Waals surface area (Å²) in [5, 5.41) is 22.2. The van der Waals surface area contributed by atoms with Gasteiger partial charge in [0.2, 0.25) is 0 Å². The fraction of sp³-hybridized carbons (Fsp3) is 0.333. The number of ketones is 1. The van der Waals surface area contributed by atoms with Crippen molar-refractivity contribution < 1.29 is 29.1 Å². The summed E-state index contributed by atoms with van der Waals surface area (Å²) in [4.78, 5) is 40.3. The summed E-state index contributed by atoms with van der Waals surface area (Å²) in [7, 11) is 1.52. The molecule has 0 spiro atoms. The van der Waals surface area contributed by atoms with Crippen LogP contribution in [-0.4, -0.2) is 78.0 Å². The Morgan fingerprint density at radius 1 is 1.09 bits per heavy atom. The van der Waals surface area contributed by atoms with Crippen LogP contribution in [0.15, 0.2) is 54.1 Å². The third kappa shape index (κ3) is 4.63. The molecule has 34 heavy (non-hydrogen) atoms. The van der Waals surface area contributed by atoms with Crippen LogP contribution in [0.1, 0.15) is 17.2 Å². The molecule has 0 bridgehead atoms. The number of non-ortho nitro benzene ring substituents is 1. The second-order valence-electron chi connectivity index (χ2n) is 8.02. The van der Waals surface area contributed by atoms with Gasteiger partial charge < -0.3 is 19.5 Å². The van der Waals surface area contributed by atoms with Crippen molar-refractivity contribution in [2.24, 2.45) is 0 Å². The number of aliphatic hydroxyl groups excluding tert-OH is 1. The molecule has 4 rings (SSSR count). The van der Waals surface area contributed by atoms with Gasteiger partial charge in [0.1, 0.15) is 11.5 Å². The second kappa shape index (κ2) is 10.0. The van der Waals surface area contributed by atoms with Crippen molar-refractivity contribution in [3.63, 3.8) is 0 Å². The van der Waals surface area contributed by atoms with Crippen molar-refractivity contribution >= 4 is 23.1 Å². The van der Waals surface area contributed by atoms with E-state index < -0.39 is 22.7 Å². The van der Waals surface area contributed by atoms with Gasteiger partial charge in [-0.05, 0) is 42.0 Å². The van der Waals surface area contributed by atoms with E-state index in [1.54, 1.807) is 24.3 Å². The fourth-order valence-electron chi connectivity index (χ4n) is 4.21. The molecule has 10 heteroatoms. The number of rotatable bonds is 7. The molecule has 2 aliphatic heterocycles. The predicted octanol–water partition coefficient (Wildman–Crippen LogP) is 2.36. The van der Waals surface area contributed by atoms with E-state index in [0.717, 1.165) is 13.1 Å². The molecule has 0 saturated carbocycles. The Hall–Kier alpha value is -3.76. The smallest absolute Gasteiger partial charge is 0.295 e. The van der Waals surface area contributed by atoms with Crippen LogP contribution in [0.5, 0.6) is 5.75 Å². The highest BCUT2D eigenvalue weighted by atomic mass is 16.6. The number of nitrogens with zero attached hydrogens (tertiary/aromatic N) is 3. The number of nitro benzene ring substituents is 1. The van der Waals surface area contributed by atoms with Crippen molar-refractivity contribution in [1.29, 1.82) is 0 Å². The molecule has 0 aromatic heterocycles. The summed E-state index contributed by atoms with van der Waals surface area (Å²) >= 11 is 0.